The van der Waals surface area contributed by atoms with Crippen LogP contribution in [0.5, 0.6) is 0 Å². The lowest BCUT2D eigenvalue weighted by Crippen LogP contribution is -2.07. The maximum absolute atomic E-state index is 12.6. The molecule has 102 valence electrons. The maximum atomic E-state index is 12.6. The largest absolute Gasteiger partial charge is 0.316 e. The Hall–Kier alpha value is -1.93. The minimum Gasteiger partial charge on any atom is -0.316 e. The predicted octanol–water partition coefficient (Wildman–Crippen LogP) is 3.13. The molecule has 20 heavy (non-hydrogen) atoms. The van der Waals surface area contributed by atoms with E-state index in [9.17, 15) is 4.79 Å². The Morgan fingerprint density at radius 2 is 1.85 bits per heavy atom. The van der Waals surface area contributed by atoms with Gasteiger partial charge in [0.15, 0.2) is 5.78 Å². The number of nitrogens with one attached hydrogen (secondary N) is 1. The van der Waals surface area contributed by atoms with Crippen molar-refractivity contribution in [1.82, 2.24) is 5.32 Å². The van der Waals surface area contributed by atoms with E-state index in [1.165, 1.54) is 17.5 Å². The van der Waals surface area contributed by atoms with Gasteiger partial charge in [-0.05, 0) is 55.1 Å². The first-order chi connectivity index (χ1) is 9.78. The number of carbonyl (C=O) groups excluding carboxylic acids is 1. The highest BCUT2D eigenvalue weighted by Crippen LogP contribution is 2.24. The van der Waals surface area contributed by atoms with Gasteiger partial charge in [-0.15, -0.1) is 0 Å². The molecule has 0 unspecified atom stereocenters. The summed E-state index contributed by atoms with van der Waals surface area (Å²) in [5.74, 6) is 0.123. The highest BCUT2D eigenvalue weighted by molar-refractivity contribution is 6.09. The van der Waals surface area contributed by atoms with E-state index < -0.39 is 0 Å². The van der Waals surface area contributed by atoms with Crippen molar-refractivity contribution in [3.63, 3.8) is 0 Å². The molecule has 0 bridgehead atoms. The zero-order chi connectivity index (χ0) is 13.9. The average Bonchev–Trinajstić information content (AvgIpc) is 2.94. The van der Waals surface area contributed by atoms with E-state index in [1.54, 1.807) is 0 Å². The first kappa shape index (κ1) is 13.1. The van der Waals surface area contributed by atoms with Crippen molar-refractivity contribution in [1.29, 1.82) is 0 Å². The van der Waals surface area contributed by atoms with Crippen LogP contribution in [0.2, 0.25) is 0 Å². The van der Waals surface area contributed by atoms with E-state index in [0.717, 1.165) is 36.1 Å². The van der Waals surface area contributed by atoms with Crippen LogP contribution < -0.4 is 5.32 Å². The highest BCUT2D eigenvalue weighted by Gasteiger charge is 2.15. The van der Waals surface area contributed by atoms with Gasteiger partial charge in [0.25, 0.3) is 0 Å². The average molecular weight is 265 g/mol. The van der Waals surface area contributed by atoms with E-state index in [-0.39, 0.29) is 5.78 Å². The van der Waals surface area contributed by atoms with Crippen LogP contribution in [0.15, 0.2) is 42.5 Å². The third kappa shape index (κ3) is 2.52. The summed E-state index contributed by atoms with van der Waals surface area (Å²) in [6, 6.07) is 14.0. The van der Waals surface area contributed by atoms with Gasteiger partial charge in [-0.25, -0.2) is 0 Å². The molecule has 2 aromatic carbocycles. The molecular formula is C18H19NO. The highest BCUT2D eigenvalue weighted by atomic mass is 16.1. The molecule has 1 N–H and O–H groups in total. The normalized spacial score (nSPS) is 13.2. The molecular weight excluding hydrogens is 246 g/mol. The van der Waals surface area contributed by atoms with E-state index in [4.69, 9.17) is 0 Å². The van der Waals surface area contributed by atoms with Crippen LogP contribution in [-0.2, 0) is 19.4 Å². The molecule has 1 aliphatic carbocycles. The molecule has 3 rings (SSSR count). The summed E-state index contributed by atoms with van der Waals surface area (Å²) < 4.78 is 0. The van der Waals surface area contributed by atoms with Gasteiger partial charge in [-0.1, -0.05) is 30.3 Å². The van der Waals surface area contributed by atoms with E-state index in [1.807, 2.05) is 37.4 Å². The van der Waals surface area contributed by atoms with Crippen molar-refractivity contribution in [2.75, 3.05) is 7.05 Å². The fourth-order valence-electron chi connectivity index (χ4n) is 2.91. The Balaban J connectivity index is 1.90. The fourth-order valence-corrected chi connectivity index (χ4v) is 2.91. The number of ketones is 1. The molecule has 0 fully saturated rings. The van der Waals surface area contributed by atoms with Crippen molar-refractivity contribution in [3.8, 4) is 0 Å². The van der Waals surface area contributed by atoms with E-state index >= 15 is 0 Å². The van der Waals surface area contributed by atoms with Crippen LogP contribution in [0.3, 0.4) is 0 Å². The van der Waals surface area contributed by atoms with Crippen LogP contribution in [0, 0.1) is 0 Å². The first-order valence-electron chi connectivity index (χ1n) is 7.18. The summed E-state index contributed by atoms with van der Waals surface area (Å²) in [7, 11) is 1.91. The molecule has 0 atom stereocenters. The Labute approximate surface area is 119 Å². The number of carbonyl (C=O) groups is 1. The number of hydrogen-bond acceptors (Lipinski definition) is 2. The lowest BCUT2D eigenvalue weighted by atomic mass is 9.98. The van der Waals surface area contributed by atoms with Crippen molar-refractivity contribution in [2.24, 2.45) is 0 Å². The number of hydrogen-bond donors (Lipinski definition) is 1. The molecule has 2 nitrogen and oxygen atoms in total. The SMILES string of the molecule is CNCc1cccc(C(=O)c2ccc3c(c2)CCC3)c1. The molecule has 0 amide bonds. The molecule has 0 saturated heterocycles. The van der Waals surface area contributed by atoms with Crippen LogP contribution >= 0.6 is 0 Å². The predicted molar refractivity (Wildman–Crippen MR) is 81.1 cm³/mol. The van der Waals surface area contributed by atoms with Crippen molar-refractivity contribution in [2.45, 2.75) is 25.8 Å². The van der Waals surface area contributed by atoms with Crippen molar-refractivity contribution in [3.05, 3.63) is 70.3 Å². The quantitative estimate of drug-likeness (QED) is 0.861. The van der Waals surface area contributed by atoms with Gasteiger partial charge in [-0.3, -0.25) is 4.79 Å². The number of benzene rings is 2. The van der Waals surface area contributed by atoms with Crippen LogP contribution in [0.25, 0.3) is 0 Å². The van der Waals surface area contributed by atoms with Gasteiger partial charge >= 0.3 is 0 Å². The zero-order valence-electron chi connectivity index (χ0n) is 11.8. The lowest BCUT2D eigenvalue weighted by molar-refractivity contribution is 0.103. The van der Waals surface area contributed by atoms with Gasteiger partial charge in [0, 0.05) is 17.7 Å². The minimum atomic E-state index is 0.123. The van der Waals surface area contributed by atoms with Gasteiger partial charge in [0.2, 0.25) is 0 Å². The molecule has 0 spiro atoms. The Morgan fingerprint density at radius 1 is 1.05 bits per heavy atom. The first-order valence-corrected chi connectivity index (χ1v) is 7.18. The Bertz CT molecular complexity index is 646. The summed E-state index contributed by atoms with van der Waals surface area (Å²) in [5, 5.41) is 3.11. The van der Waals surface area contributed by atoms with Crippen molar-refractivity contribution >= 4 is 5.78 Å². The Kier molecular flexibility index (Phi) is 3.66. The number of rotatable bonds is 4. The monoisotopic (exact) mass is 265 g/mol. The standard InChI is InChI=1S/C18H19NO/c1-19-12-13-4-2-7-16(10-13)18(20)17-9-8-14-5-3-6-15(14)11-17/h2,4,7-11,19H,3,5-6,12H2,1H3. The van der Waals surface area contributed by atoms with Crippen LogP contribution in [0.4, 0.5) is 0 Å². The summed E-state index contributed by atoms with van der Waals surface area (Å²) in [6.45, 7) is 0.783. The van der Waals surface area contributed by atoms with Crippen LogP contribution in [-0.4, -0.2) is 12.8 Å². The summed E-state index contributed by atoms with van der Waals surface area (Å²) in [5.41, 5.74) is 5.48. The van der Waals surface area contributed by atoms with Gasteiger partial charge < -0.3 is 5.32 Å². The van der Waals surface area contributed by atoms with Crippen molar-refractivity contribution < 1.29 is 4.79 Å². The van der Waals surface area contributed by atoms with Crippen LogP contribution in [0.1, 0.15) is 39.0 Å². The zero-order valence-corrected chi connectivity index (χ0v) is 11.8. The number of aryl methyl sites for hydroxylation is 2. The second-order valence-electron chi connectivity index (χ2n) is 5.40. The van der Waals surface area contributed by atoms with Gasteiger partial charge in [0.05, 0.1) is 0 Å². The minimum absolute atomic E-state index is 0.123. The third-order valence-corrected chi connectivity index (χ3v) is 3.93. The molecule has 2 heteroatoms. The lowest BCUT2D eigenvalue weighted by Gasteiger charge is -2.06. The Morgan fingerprint density at radius 3 is 2.70 bits per heavy atom. The topological polar surface area (TPSA) is 29.1 Å². The fraction of sp³-hybridized carbons (Fsp3) is 0.278. The van der Waals surface area contributed by atoms with Gasteiger partial charge in [-0.2, -0.15) is 0 Å². The molecule has 2 aromatic rings. The third-order valence-electron chi connectivity index (χ3n) is 3.93. The molecule has 0 saturated carbocycles. The molecule has 0 aliphatic heterocycles. The molecule has 1 aliphatic rings. The van der Waals surface area contributed by atoms with E-state index in [0.29, 0.717) is 0 Å². The second kappa shape index (κ2) is 5.59. The summed E-state index contributed by atoms with van der Waals surface area (Å²) in [4.78, 5) is 12.6. The molecule has 0 radical (unpaired) electrons. The second-order valence-corrected chi connectivity index (χ2v) is 5.40. The maximum Gasteiger partial charge on any atom is 0.193 e. The summed E-state index contributed by atoms with van der Waals surface area (Å²) in [6.07, 6.45) is 3.47. The smallest absolute Gasteiger partial charge is 0.193 e. The van der Waals surface area contributed by atoms with Gasteiger partial charge in [0.1, 0.15) is 0 Å². The van der Waals surface area contributed by atoms with E-state index in [2.05, 4.69) is 17.4 Å². The molecule has 0 aromatic heterocycles. The summed E-state index contributed by atoms with van der Waals surface area (Å²) >= 11 is 0. The molecule has 0 heterocycles. The number of fused-ring (bicyclic) bond motifs is 1.